The molecule has 0 radical (unpaired) electrons. The van der Waals surface area contributed by atoms with Crippen LogP contribution < -0.4 is 5.32 Å². The Balaban J connectivity index is 1.34. The van der Waals surface area contributed by atoms with Crippen molar-refractivity contribution in [2.75, 3.05) is 13.1 Å². The molecular weight excluding hydrogens is 340 g/mol. The second-order valence-electron chi connectivity index (χ2n) is 7.69. The SMILES string of the molecule is C[C@@H](NC(=O)c1ccc(-c2ccccc2)nn1)C(=O)N1CCC2(CC1)CC2. The van der Waals surface area contributed by atoms with Crippen LogP contribution in [0.3, 0.4) is 0 Å². The minimum atomic E-state index is -0.568. The number of nitrogens with zero attached hydrogens (tertiary/aromatic N) is 3. The Morgan fingerprint density at radius 1 is 1.00 bits per heavy atom. The molecule has 1 aliphatic heterocycles. The lowest BCUT2D eigenvalue weighted by Gasteiger charge is -2.33. The average Bonchev–Trinajstić information content (AvgIpc) is 3.47. The van der Waals surface area contributed by atoms with Crippen LogP contribution in [0.1, 0.15) is 43.1 Å². The number of piperidine rings is 1. The maximum Gasteiger partial charge on any atom is 0.272 e. The van der Waals surface area contributed by atoms with Crippen molar-refractivity contribution in [1.29, 1.82) is 0 Å². The maximum atomic E-state index is 12.6. The lowest BCUT2D eigenvalue weighted by molar-refractivity contribution is -0.134. The summed E-state index contributed by atoms with van der Waals surface area (Å²) in [5, 5.41) is 10.9. The van der Waals surface area contributed by atoms with Gasteiger partial charge in [0.1, 0.15) is 6.04 Å². The van der Waals surface area contributed by atoms with Crippen molar-refractivity contribution >= 4 is 11.8 Å². The van der Waals surface area contributed by atoms with Gasteiger partial charge in [-0.05, 0) is 50.2 Å². The molecule has 1 aliphatic carbocycles. The Labute approximate surface area is 159 Å². The number of hydrogen-bond acceptors (Lipinski definition) is 4. The van der Waals surface area contributed by atoms with Crippen LogP contribution in [-0.2, 0) is 4.79 Å². The van der Waals surface area contributed by atoms with Crippen molar-refractivity contribution in [3.8, 4) is 11.3 Å². The van der Waals surface area contributed by atoms with Crippen LogP contribution in [0.2, 0.25) is 0 Å². The molecule has 1 N–H and O–H groups in total. The number of nitrogens with one attached hydrogen (secondary N) is 1. The summed E-state index contributed by atoms with van der Waals surface area (Å²) < 4.78 is 0. The summed E-state index contributed by atoms with van der Waals surface area (Å²) in [4.78, 5) is 26.9. The first-order chi connectivity index (χ1) is 13.1. The zero-order valence-electron chi connectivity index (χ0n) is 15.5. The van der Waals surface area contributed by atoms with E-state index in [2.05, 4.69) is 15.5 Å². The van der Waals surface area contributed by atoms with E-state index in [1.807, 2.05) is 35.2 Å². The van der Waals surface area contributed by atoms with Gasteiger partial charge in [-0.3, -0.25) is 9.59 Å². The molecule has 1 spiro atoms. The highest BCUT2D eigenvalue weighted by molar-refractivity contribution is 5.96. The topological polar surface area (TPSA) is 75.2 Å². The van der Waals surface area contributed by atoms with Gasteiger partial charge in [-0.15, -0.1) is 10.2 Å². The average molecular weight is 364 g/mol. The fraction of sp³-hybridized carbons (Fsp3) is 0.429. The van der Waals surface area contributed by atoms with Gasteiger partial charge >= 0.3 is 0 Å². The van der Waals surface area contributed by atoms with E-state index in [9.17, 15) is 9.59 Å². The first kappa shape index (κ1) is 17.6. The number of rotatable bonds is 4. The van der Waals surface area contributed by atoms with E-state index in [0.717, 1.165) is 31.5 Å². The van der Waals surface area contributed by atoms with Crippen molar-refractivity contribution in [2.45, 2.75) is 38.6 Å². The molecule has 140 valence electrons. The molecule has 6 heteroatoms. The molecule has 2 fully saturated rings. The standard InChI is InChI=1S/C21H24N4O2/c1-15(20(27)25-13-11-21(9-10-21)12-14-25)22-19(26)18-8-7-17(23-24-18)16-5-3-2-4-6-16/h2-8,15H,9-14H2,1H3,(H,22,26)/t15-/m1/s1. The summed E-state index contributed by atoms with van der Waals surface area (Å²) in [5.74, 6) is -0.397. The number of likely N-dealkylation sites (tertiary alicyclic amines) is 1. The van der Waals surface area contributed by atoms with Gasteiger partial charge in [0.2, 0.25) is 5.91 Å². The molecule has 27 heavy (non-hydrogen) atoms. The number of hydrogen-bond donors (Lipinski definition) is 1. The Morgan fingerprint density at radius 2 is 1.70 bits per heavy atom. The van der Waals surface area contributed by atoms with Gasteiger partial charge in [0.15, 0.2) is 5.69 Å². The van der Waals surface area contributed by atoms with Gasteiger partial charge in [0.05, 0.1) is 5.69 Å². The van der Waals surface area contributed by atoms with Crippen molar-refractivity contribution < 1.29 is 9.59 Å². The summed E-state index contributed by atoms with van der Waals surface area (Å²) in [6.45, 7) is 3.32. The van der Waals surface area contributed by atoms with Gasteiger partial charge in [0, 0.05) is 18.7 Å². The van der Waals surface area contributed by atoms with Crippen LogP contribution in [0, 0.1) is 5.41 Å². The largest absolute Gasteiger partial charge is 0.341 e. The number of carbonyl (C=O) groups is 2. The molecule has 6 nitrogen and oxygen atoms in total. The fourth-order valence-corrected chi connectivity index (χ4v) is 3.70. The minimum Gasteiger partial charge on any atom is -0.341 e. The third-order valence-electron chi connectivity index (χ3n) is 5.78. The Kier molecular flexibility index (Phi) is 4.64. The zero-order chi connectivity index (χ0) is 18.9. The third-order valence-corrected chi connectivity index (χ3v) is 5.78. The Hall–Kier alpha value is -2.76. The van der Waals surface area contributed by atoms with Crippen LogP contribution in [0.25, 0.3) is 11.3 Å². The van der Waals surface area contributed by atoms with E-state index in [1.165, 1.54) is 12.8 Å². The second kappa shape index (κ2) is 7.10. The van der Waals surface area contributed by atoms with Gasteiger partial charge in [-0.2, -0.15) is 0 Å². The zero-order valence-corrected chi connectivity index (χ0v) is 15.5. The second-order valence-corrected chi connectivity index (χ2v) is 7.69. The molecule has 2 heterocycles. The van der Waals surface area contributed by atoms with Crippen LogP contribution in [0.5, 0.6) is 0 Å². The van der Waals surface area contributed by atoms with E-state index in [4.69, 9.17) is 0 Å². The number of carbonyl (C=O) groups excluding carboxylic acids is 2. The lowest BCUT2D eigenvalue weighted by atomic mass is 9.93. The summed E-state index contributed by atoms with van der Waals surface area (Å²) in [6.07, 6.45) is 4.79. The number of amides is 2. The molecule has 0 unspecified atom stereocenters. The van der Waals surface area contributed by atoms with Crippen molar-refractivity contribution in [3.63, 3.8) is 0 Å². The van der Waals surface area contributed by atoms with Crippen LogP contribution >= 0.6 is 0 Å². The number of benzene rings is 1. The number of aromatic nitrogens is 2. The first-order valence-electron chi connectivity index (χ1n) is 9.55. The lowest BCUT2D eigenvalue weighted by Crippen LogP contribution is -2.49. The van der Waals surface area contributed by atoms with Gasteiger partial charge in [0.25, 0.3) is 5.91 Å². The van der Waals surface area contributed by atoms with Crippen molar-refractivity contribution in [3.05, 3.63) is 48.2 Å². The fourth-order valence-electron chi connectivity index (χ4n) is 3.70. The highest BCUT2D eigenvalue weighted by Crippen LogP contribution is 2.53. The Bertz CT molecular complexity index is 821. The highest BCUT2D eigenvalue weighted by Gasteiger charge is 2.45. The third kappa shape index (κ3) is 3.84. The first-order valence-corrected chi connectivity index (χ1v) is 9.55. The van der Waals surface area contributed by atoms with Gasteiger partial charge in [-0.1, -0.05) is 30.3 Å². The van der Waals surface area contributed by atoms with Gasteiger partial charge in [-0.25, -0.2) is 0 Å². The van der Waals surface area contributed by atoms with E-state index in [0.29, 0.717) is 11.1 Å². The van der Waals surface area contributed by atoms with E-state index in [1.54, 1.807) is 19.1 Å². The van der Waals surface area contributed by atoms with Crippen molar-refractivity contribution in [1.82, 2.24) is 20.4 Å². The molecule has 2 aromatic rings. The molecule has 1 atom stereocenters. The summed E-state index contributed by atoms with van der Waals surface area (Å²) in [5.41, 5.74) is 2.39. The smallest absolute Gasteiger partial charge is 0.272 e. The molecule has 1 saturated heterocycles. The predicted molar refractivity (Wildman–Crippen MR) is 102 cm³/mol. The molecule has 2 amide bonds. The molecule has 4 rings (SSSR count). The quantitative estimate of drug-likeness (QED) is 0.905. The predicted octanol–water partition coefficient (Wildman–Crippen LogP) is 2.66. The molecule has 0 bridgehead atoms. The highest BCUT2D eigenvalue weighted by atomic mass is 16.2. The normalized spacial score (nSPS) is 18.8. The van der Waals surface area contributed by atoms with Crippen LogP contribution in [-0.4, -0.2) is 46.0 Å². The maximum absolute atomic E-state index is 12.6. The summed E-state index contributed by atoms with van der Waals surface area (Å²) >= 11 is 0. The van der Waals surface area contributed by atoms with Crippen LogP contribution in [0.4, 0.5) is 0 Å². The van der Waals surface area contributed by atoms with Crippen molar-refractivity contribution in [2.24, 2.45) is 5.41 Å². The Morgan fingerprint density at radius 3 is 2.30 bits per heavy atom. The molecule has 1 saturated carbocycles. The molecule has 1 aromatic heterocycles. The van der Waals surface area contributed by atoms with E-state index in [-0.39, 0.29) is 17.5 Å². The molecule has 2 aliphatic rings. The summed E-state index contributed by atoms with van der Waals surface area (Å²) in [6, 6.07) is 12.5. The van der Waals surface area contributed by atoms with E-state index < -0.39 is 6.04 Å². The summed E-state index contributed by atoms with van der Waals surface area (Å²) in [7, 11) is 0. The monoisotopic (exact) mass is 364 g/mol. The van der Waals surface area contributed by atoms with E-state index >= 15 is 0 Å². The molecular formula is C21H24N4O2. The molecule has 1 aromatic carbocycles. The van der Waals surface area contributed by atoms with Crippen LogP contribution in [0.15, 0.2) is 42.5 Å². The minimum absolute atomic E-state index is 0.0206. The van der Waals surface area contributed by atoms with Gasteiger partial charge < -0.3 is 10.2 Å².